The molecule has 0 aliphatic carbocycles. The summed E-state index contributed by atoms with van der Waals surface area (Å²) in [6.45, 7) is 0. The second-order valence-electron chi connectivity index (χ2n) is 0.469. The van der Waals surface area contributed by atoms with Gasteiger partial charge in [-0.25, -0.2) is 0 Å². The van der Waals surface area contributed by atoms with Gasteiger partial charge in [0.05, 0.1) is 0 Å². The molecule has 0 radical (unpaired) electrons. The van der Waals surface area contributed by atoms with Crippen LogP contribution in [0.4, 0.5) is 0 Å². The Kier molecular flexibility index (Phi) is 8.00. The van der Waals surface area contributed by atoms with Crippen LogP contribution in [0.5, 0.6) is 0 Å². The predicted octanol–water partition coefficient (Wildman–Crippen LogP) is 2.77. The van der Waals surface area contributed by atoms with Crippen molar-refractivity contribution in [1.29, 1.82) is 0 Å². The molecule has 7 heavy (non-hydrogen) atoms. The first-order valence-electron chi connectivity index (χ1n) is 1.10. The number of hydrogen-bond acceptors (Lipinski definition) is 7. The largest absolute Gasteiger partial charge is 0.106 e. The summed E-state index contributed by atoms with van der Waals surface area (Å²) in [5, 5.41) is 0. The first-order chi connectivity index (χ1) is 3.35. The van der Waals surface area contributed by atoms with E-state index in [0.717, 1.165) is 0 Å². The Morgan fingerprint density at radius 3 is 1.14 bits per heavy atom. The lowest BCUT2D eigenvalue weighted by atomic mass is 13.8. The fraction of sp³-hybridized carbons (Fsp3) is 0. The smallest absolute Gasteiger partial charge is 0.0120 e. The number of rotatable bonds is 3. The zero-order valence-electron chi connectivity index (χ0n) is 3.01. The average molecular weight is 209 g/mol. The Morgan fingerprint density at radius 2 is 1.14 bits per heavy atom. The predicted molar refractivity (Wildman–Crippen MR) is 51.6 cm³/mol. The third-order valence-electron chi connectivity index (χ3n) is 0.200. The standard InChI is InChI=1S/H3NS6/c2-5-1(6-3)7-4/h2-4H. The quantitative estimate of drug-likeness (QED) is 0.372. The molecule has 0 aliphatic rings. The fourth-order valence-corrected chi connectivity index (χ4v) is 3.62. The number of hydrogen-bond donors (Lipinski definition) is 3. The highest BCUT2D eigenvalue weighted by Gasteiger charge is 1.96. The summed E-state index contributed by atoms with van der Waals surface area (Å²) in [7, 11) is 3.81. The monoisotopic (exact) mass is 209 g/mol. The molecule has 0 fully saturated rings. The molecule has 0 N–H and O–H groups in total. The third kappa shape index (κ3) is 4.56. The lowest BCUT2D eigenvalue weighted by Crippen LogP contribution is -1.79. The Hall–Kier alpha value is 2.06. The fourth-order valence-electron chi connectivity index (χ4n) is 0.0447. The second-order valence-corrected chi connectivity index (χ2v) is 4.22. The topological polar surface area (TPSA) is 3.24 Å². The van der Waals surface area contributed by atoms with Crippen molar-refractivity contribution in [3.63, 3.8) is 0 Å². The van der Waals surface area contributed by atoms with E-state index >= 15 is 0 Å². The average Bonchev–Trinajstić information content (AvgIpc) is 1.72. The minimum Gasteiger partial charge on any atom is -0.106 e. The molecule has 0 saturated carbocycles. The van der Waals surface area contributed by atoms with Crippen molar-refractivity contribution in [2.45, 2.75) is 0 Å². The van der Waals surface area contributed by atoms with E-state index in [0.29, 0.717) is 0 Å². The maximum atomic E-state index is 3.88. The Bertz CT molecular complexity index is 25.7. The molecule has 0 rings (SSSR count). The lowest BCUT2D eigenvalue weighted by molar-refractivity contribution is 1.35. The van der Waals surface area contributed by atoms with Gasteiger partial charge in [-0.3, -0.25) is 0 Å². The molecule has 1 nitrogen and oxygen atoms in total. The van der Waals surface area contributed by atoms with Gasteiger partial charge in [-0.1, -0.05) is 35.0 Å². The maximum Gasteiger partial charge on any atom is 0.0120 e. The Balaban J connectivity index is 2.99. The molecule has 0 saturated heterocycles. The molecule has 0 aromatic carbocycles. The molecule has 0 amide bonds. The van der Waals surface area contributed by atoms with Crippen molar-refractivity contribution >= 4 is 67.9 Å². The zero-order chi connectivity index (χ0) is 5.70. The van der Waals surface area contributed by atoms with Crippen LogP contribution in [0, 0.1) is 0 Å². The molecule has 0 spiro atoms. The van der Waals surface area contributed by atoms with Gasteiger partial charge in [-0.15, -0.1) is 3.12 Å². The van der Waals surface area contributed by atoms with Gasteiger partial charge in [-0.05, 0) is 0 Å². The number of thiol groups is 3. The van der Waals surface area contributed by atoms with Gasteiger partial charge in [0.1, 0.15) is 0 Å². The van der Waals surface area contributed by atoms with E-state index in [-0.39, 0.29) is 0 Å². The lowest BCUT2D eigenvalue weighted by Gasteiger charge is -2.05. The molecule has 0 heterocycles. The van der Waals surface area contributed by atoms with Crippen molar-refractivity contribution in [1.82, 2.24) is 3.12 Å². The van der Waals surface area contributed by atoms with Crippen LogP contribution >= 0.6 is 67.9 Å². The van der Waals surface area contributed by atoms with Crippen molar-refractivity contribution in [2.75, 3.05) is 0 Å². The zero-order valence-corrected chi connectivity index (χ0v) is 8.15. The van der Waals surface area contributed by atoms with Crippen LogP contribution in [0.2, 0.25) is 0 Å². The molecule has 0 unspecified atom stereocenters. The van der Waals surface area contributed by atoms with Gasteiger partial charge in [0.2, 0.25) is 0 Å². The summed E-state index contributed by atoms with van der Waals surface area (Å²) in [6, 6.07) is 0. The first-order valence-corrected chi connectivity index (χ1v) is 6.57. The highest BCUT2D eigenvalue weighted by Crippen LogP contribution is 2.36. The van der Waals surface area contributed by atoms with Gasteiger partial charge in [0.25, 0.3) is 0 Å². The van der Waals surface area contributed by atoms with Crippen molar-refractivity contribution in [3.05, 3.63) is 0 Å². The molecule has 7 heteroatoms. The summed E-state index contributed by atoms with van der Waals surface area (Å²) < 4.78 is 1.72. The first kappa shape index (κ1) is 9.06. The molecule has 0 aliphatic heterocycles. The molecule has 0 bridgehead atoms. The summed E-state index contributed by atoms with van der Waals surface area (Å²) in [5.41, 5.74) is 0. The Morgan fingerprint density at radius 1 is 0.857 bits per heavy atom. The van der Waals surface area contributed by atoms with E-state index in [1.54, 1.807) is 3.12 Å². The van der Waals surface area contributed by atoms with Crippen molar-refractivity contribution in [3.8, 4) is 0 Å². The van der Waals surface area contributed by atoms with E-state index in [1.807, 2.05) is 0 Å². The SMILES string of the molecule is SSN(SS)SS. The highest BCUT2D eigenvalue weighted by molar-refractivity contribution is 8.83. The summed E-state index contributed by atoms with van der Waals surface area (Å²) in [4.78, 5) is 0. The van der Waals surface area contributed by atoms with Gasteiger partial charge < -0.3 is 0 Å². The third-order valence-corrected chi connectivity index (χ3v) is 5.40. The van der Waals surface area contributed by atoms with E-state index in [2.05, 4.69) is 35.0 Å². The van der Waals surface area contributed by atoms with Crippen LogP contribution in [0.1, 0.15) is 0 Å². The van der Waals surface area contributed by atoms with Crippen LogP contribution < -0.4 is 0 Å². The normalized spacial score (nSPS) is 10.3. The minimum absolute atomic E-state index is 1.27. The van der Waals surface area contributed by atoms with Crippen molar-refractivity contribution in [2.24, 2.45) is 0 Å². The molecule has 0 atom stereocenters. The van der Waals surface area contributed by atoms with Crippen LogP contribution in [0.25, 0.3) is 0 Å². The molecule has 0 aromatic rings. The molecular formula is H3NS6. The summed E-state index contributed by atoms with van der Waals surface area (Å²) in [5.74, 6) is 0. The van der Waals surface area contributed by atoms with E-state index in [9.17, 15) is 0 Å². The summed E-state index contributed by atoms with van der Waals surface area (Å²) >= 11 is 11.6. The maximum absolute atomic E-state index is 3.88. The van der Waals surface area contributed by atoms with Gasteiger partial charge >= 0.3 is 0 Å². The molecule has 0 aromatic heterocycles. The minimum atomic E-state index is 1.27. The van der Waals surface area contributed by atoms with Crippen LogP contribution in [-0.2, 0) is 0 Å². The van der Waals surface area contributed by atoms with E-state index in [4.69, 9.17) is 0 Å². The van der Waals surface area contributed by atoms with Gasteiger partial charge in [0, 0.05) is 32.9 Å². The molecular weight excluding hydrogens is 206 g/mol. The van der Waals surface area contributed by atoms with E-state index in [1.165, 1.54) is 32.9 Å². The van der Waals surface area contributed by atoms with Crippen LogP contribution in [-0.4, -0.2) is 3.12 Å². The molecule has 44 valence electrons. The number of nitrogens with zero attached hydrogens (tertiary/aromatic N) is 1. The highest BCUT2D eigenvalue weighted by atomic mass is 33.2. The second kappa shape index (κ2) is 6.18. The summed E-state index contributed by atoms with van der Waals surface area (Å²) in [6.07, 6.45) is 0. The van der Waals surface area contributed by atoms with E-state index < -0.39 is 0 Å². The van der Waals surface area contributed by atoms with Crippen molar-refractivity contribution < 1.29 is 0 Å². The van der Waals surface area contributed by atoms with Gasteiger partial charge in [0.15, 0.2) is 0 Å². The van der Waals surface area contributed by atoms with Crippen LogP contribution in [0.3, 0.4) is 0 Å². The Labute approximate surface area is 70.6 Å². The van der Waals surface area contributed by atoms with Crippen LogP contribution in [0.15, 0.2) is 0 Å². The van der Waals surface area contributed by atoms with Gasteiger partial charge in [-0.2, -0.15) is 0 Å².